The van der Waals surface area contributed by atoms with E-state index in [1.165, 1.54) is 6.20 Å². The molecular weight excluding hydrogens is 358 g/mol. The highest BCUT2D eigenvalue weighted by Crippen LogP contribution is 2.16. The lowest BCUT2D eigenvalue weighted by Crippen LogP contribution is -2.18. The lowest BCUT2D eigenvalue weighted by Gasteiger charge is -2.09. The van der Waals surface area contributed by atoms with E-state index in [-0.39, 0.29) is 17.8 Å². The molecular formula is C17H14BrN3O2. The number of halogens is 1. The van der Waals surface area contributed by atoms with Gasteiger partial charge in [0.1, 0.15) is 0 Å². The van der Waals surface area contributed by atoms with Crippen LogP contribution in [0.5, 0.6) is 0 Å². The summed E-state index contributed by atoms with van der Waals surface area (Å²) in [5, 5.41) is 7.56. The van der Waals surface area contributed by atoms with Crippen molar-refractivity contribution in [2.75, 3.05) is 5.32 Å². The smallest absolute Gasteiger partial charge is 0.226 e. The van der Waals surface area contributed by atoms with Gasteiger partial charge in [-0.05, 0) is 30.3 Å². The van der Waals surface area contributed by atoms with Crippen LogP contribution in [0.1, 0.15) is 6.42 Å². The second kappa shape index (κ2) is 6.75. The van der Waals surface area contributed by atoms with Gasteiger partial charge in [-0.3, -0.25) is 14.3 Å². The molecule has 0 fully saturated rings. The quantitative estimate of drug-likeness (QED) is 0.765. The maximum atomic E-state index is 12.1. The Morgan fingerprint density at radius 2 is 2.00 bits per heavy atom. The Labute approximate surface area is 141 Å². The number of aryl methyl sites for hydroxylation is 1. The van der Waals surface area contributed by atoms with E-state index in [0.29, 0.717) is 11.9 Å². The summed E-state index contributed by atoms with van der Waals surface area (Å²) in [7, 11) is 0. The Morgan fingerprint density at radius 3 is 2.83 bits per heavy atom. The third-order valence-electron chi connectivity index (χ3n) is 3.42. The van der Waals surface area contributed by atoms with Crippen molar-refractivity contribution in [3.63, 3.8) is 0 Å². The van der Waals surface area contributed by atoms with Crippen LogP contribution < -0.4 is 10.7 Å². The van der Waals surface area contributed by atoms with E-state index in [0.717, 1.165) is 15.7 Å². The number of carbonyl (C=O) groups is 1. The molecule has 0 unspecified atom stereocenters. The van der Waals surface area contributed by atoms with Crippen LogP contribution >= 0.6 is 15.9 Å². The zero-order chi connectivity index (χ0) is 16.2. The normalized spacial score (nSPS) is 10.7. The first-order chi connectivity index (χ1) is 11.1. The molecule has 0 aliphatic heterocycles. The molecule has 0 saturated carbocycles. The number of nitrogens with one attached hydrogen (secondary N) is 1. The number of anilines is 1. The highest BCUT2D eigenvalue weighted by atomic mass is 79.9. The van der Waals surface area contributed by atoms with Gasteiger partial charge in [-0.25, -0.2) is 0 Å². The van der Waals surface area contributed by atoms with Crippen LogP contribution in [0.25, 0.3) is 10.9 Å². The number of aromatic nitrogens is 2. The van der Waals surface area contributed by atoms with Crippen LogP contribution in [0.3, 0.4) is 0 Å². The van der Waals surface area contributed by atoms with Gasteiger partial charge in [0, 0.05) is 22.0 Å². The van der Waals surface area contributed by atoms with Crippen LogP contribution in [0.4, 0.5) is 5.69 Å². The minimum atomic E-state index is -0.115. The summed E-state index contributed by atoms with van der Waals surface area (Å²) in [6.45, 7) is 0.403. The number of carbonyl (C=O) groups excluding carboxylic acids is 1. The molecule has 0 aliphatic rings. The maximum Gasteiger partial charge on any atom is 0.226 e. The van der Waals surface area contributed by atoms with E-state index < -0.39 is 0 Å². The summed E-state index contributed by atoms with van der Waals surface area (Å²) >= 11 is 3.37. The van der Waals surface area contributed by atoms with Crippen LogP contribution in [-0.2, 0) is 11.3 Å². The Morgan fingerprint density at radius 1 is 1.17 bits per heavy atom. The number of benzene rings is 2. The number of rotatable bonds is 4. The number of fused-ring (bicyclic) bond motifs is 1. The Bertz CT molecular complexity index is 921. The average molecular weight is 372 g/mol. The molecule has 1 N–H and O–H groups in total. The fraction of sp³-hybridized carbons (Fsp3) is 0.118. The van der Waals surface area contributed by atoms with E-state index in [1.54, 1.807) is 10.7 Å². The molecule has 0 bridgehead atoms. The minimum absolute atomic E-state index is 0.104. The molecule has 0 radical (unpaired) electrons. The Kier molecular flexibility index (Phi) is 4.52. The molecule has 1 amide bonds. The number of nitrogens with zero attached hydrogens (tertiary/aromatic N) is 2. The van der Waals surface area contributed by atoms with Gasteiger partial charge in [-0.2, -0.15) is 5.10 Å². The van der Waals surface area contributed by atoms with Gasteiger partial charge >= 0.3 is 0 Å². The van der Waals surface area contributed by atoms with Gasteiger partial charge in [-0.15, -0.1) is 0 Å². The van der Waals surface area contributed by atoms with Gasteiger partial charge < -0.3 is 5.32 Å². The summed E-state index contributed by atoms with van der Waals surface area (Å²) in [6.07, 6.45) is 1.56. The number of hydrogen-bond acceptors (Lipinski definition) is 3. The number of hydrogen-bond donors (Lipinski definition) is 1. The van der Waals surface area contributed by atoms with Crippen molar-refractivity contribution in [2.45, 2.75) is 13.0 Å². The monoisotopic (exact) mass is 371 g/mol. The molecule has 23 heavy (non-hydrogen) atoms. The molecule has 6 heteroatoms. The van der Waals surface area contributed by atoms with E-state index in [2.05, 4.69) is 26.3 Å². The first kappa shape index (κ1) is 15.4. The fourth-order valence-corrected chi connectivity index (χ4v) is 2.74. The van der Waals surface area contributed by atoms with Crippen LogP contribution in [-0.4, -0.2) is 15.7 Å². The van der Waals surface area contributed by atoms with Crippen molar-refractivity contribution in [1.29, 1.82) is 0 Å². The molecule has 0 aliphatic carbocycles. The SMILES string of the molecule is O=C(CCn1ncc(=O)c2ccccc21)Nc1cccc(Br)c1. The Balaban J connectivity index is 1.72. The average Bonchev–Trinajstić information content (AvgIpc) is 2.54. The summed E-state index contributed by atoms with van der Waals surface area (Å²) < 4.78 is 2.58. The molecule has 2 aromatic carbocycles. The van der Waals surface area contributed by atoms with Gasteiger partial charge in [-0.1, -0.05) is 34.1 Å². The summed E-state index contributed by atoms with van der Waals surface area (Å²) in [5.41, 5.74) is 1.35. The molecule has 116 valence electrons. The van der Waals surface area contributed by atoms with Crippen LogP contribution in [0.2, 0.25) is 0 Å². The summed E-state index contributed by atoms with van der Waals surface area (Å²) in [4.78, 5) is 23.9. The molecule has 3 rings (SSSR count). The molecule has 1 heterocycles. The Hall–Kier alpha value is -2.47. The van der Waals surface area contributed by atoms with Crippen molar-refractivity contribution in [1.82, 2.24) is 9.78 Å². The summed E-state index contributed by atoms with van der Waals surface area (Å²) in [5.74, 6) is -0.104. The predicted octanol–water partition coefficient (Wildman–Crippen LogP) is 3.19. The molecule has 1 aromatic heterocycles. The number of amides is 1. The van der Waals surface area contributed by atoms with Crippen molar-refractivity contribution >= 4 is 38.4 Å². The standard InChI is InChI=1S/C17H14BrN3O2/c18-12-4-3-5-13(10-12)20-17(23)8-9-21-15-7-2-1-6-14(15)16(22)11-19-21/h1-7,10-11H,8-9H2,(H,20,23). The van der Waals surface area contributed by atoms with Crippen molar-refractivity contribution in [3.8, 4) is 0 Å². The zero-order valence-corrected chi connectivity index (χ0v) is 13.8. The van der Waals surface area contributed by atoms with E-state index in [9.17, 15) is 9.59 Å². The van der Waals surface area contributed by atoms with Gasteiger partial charge in [0.15, 0.2) is 0 Å². The highest BCUT2D eigenvalue weighted by molar-refractivity contribution is 9.10. The second-order valence-electron chi connectivity index (χ2n) is 5.06. The van der Waals surface area contributed by atoms with E-state index in [1.807, 2.05) is 42.5 Å². The van der Waals surface area contributed by atoms with E-state index in [4.69, 9.17) is 0 Å². The van der Waals surface area contributed by atoms with E-state index >= 15 is 0 Å². The lowest BCUT2D eigenvalue weighted by atomic mass is 10.2. The van der Waals surface area contributed by atoms with Crippen molar-refractivity contribution in [2.24, 2.45) is 0 Å². The second-order valence-corrected chi connectivity index (χ2v) is 5.97. The summed E-state index contributed by atoms with van der Waals surface area (Å²) in [6, 6.07) is 14.7. The highest BCUT2D eigenvalue weighted by Gasteiger charge is 2.07. The van der Waals surface area contributed by atoms with Crippen LogP contribution in [0.15, 0.2) is 64.0 Å². The first-order valence-corrected chi connectivity index (χ1v) is 7.93. The third-order valence-corrected chi connectivity index (χ3v) is 3.91. The topological polar surface area (TPSA) is 64.0 Å². The third kappa shape index (κ3) is 3.65. The van der Waals surface area contributed by atoms with Gasteiger partial charge in [0.25, 0.3) is 0 Å². The van der Waals surface area contributed by atoms with Crippen molar-refractivity contribution < 1.29 is 4.79 Å². The zero-order valence-electron chi connectivity index (χ0n) is 12.2. The largest absolute Gasteiger partial charge is 0.326 e. The first-order valence-electron chi connectivity index (χ1n) is 7.14. The van der Waals surface area contributed by atoms with Gasteiger partial charge in [0.2, 0.25) is 11.3 Å². The molecule has 0 spiro atoms. The van der Waals surface area contributed by atoms with Crippen molar-refractivity contribution in [3.05, 3.63) is 69.4 Å². The van der Waals surface area contributed by atoms with Crippen LogP contribution in [0, 0.1) is 0 Å². The lowest BCUT2D eigenvalue weighted by molar-refractivity contribution is -0.116. The maximum absolute atomic E-state index is 12.1. The van der Waals surface area contributed by atoms with Gasteiger partial charge in [0.05, 0.1) is 18.3 Å². The predicted molar refractivity (Wildman–Crippen MR) is 93.4 cm³/mol. The molecule has 3 aromatic rings. The fourth-order valence-electron chi connectivity index (χ4n) is 2.34. The number of para-hydroxylation sites is 1. The molecule has 5 nitrogen and oxygen atoms in total. The minimum Gasteiger partial charge on any atom is -0.326 e. The molecule has 0 atom stereocenters. The molecule has 0 saturated heterocycles.